The average molecular weight is 300 g/mol. The third-order valence-corrected chi connectivity index (χ3v) is 2.61. The monoisotopic (exact) mass is 300 g/mol. The van der Waals surface area contributed by atoms with Crippen LogP contribution in [-0.2, 0) is 4.79 Å². The van der Waals surface area contributed by atoms with E-state index < -0.39 is 24.4 Å². The fourth-order valence-corrected chi connectivity index (χ4v) is 1.47. The highest BCUT2D eigenvalue weighted by Gasteiger charge is 2.29. The van der Waals surface area contributed by atoms with Gasteiger partial charge in [0.05, 0.1) is 11.8 Å². The van der Waals surface area contributed by atoms with Gasteiger partial charge in [0.1, 0.15) is 5.71 Å². The Hall–Kier alpha value is -2.02. The van der Waals surface area contributed by atoms with E-state index in [1.165, 1.54) is 39.0 Å². The van der Waals surface area contributed by atoms with E-state index in [1.807, 2.05) is 0 Å². The minimum Gasteiger partial charge on any atom is -0.430 e. The molecule has 0 heterocycles. The molecule has 1 aromatic rings. The van der Waals surface area contributed by atoms with E-state index in [2.05, 4.69) is 15.3 Å². The van der Waals surface area contributed by atoms with Gasteiger partial charge < -0.3 is 9.84 Å². The number of benzene rings is 1. The average Bonchev–Trinajstić information content (AvgIpc) is 2.39. The standard InChI is InChI=1S/C14H18F2N2O3/c1-4-14(15,16)21-12-8-6-5-7-11(12)17-18-13(9(2)19)10(3)20/h5-9,17,19H,4H2,1-3H3/b18-13+. The Kier molecular flexibility index (Phi) is 5.78. The molecule has 0 spiro atoms. The number of carbonyl (C=O) groups excluding carboxylic acids is 1. The SMILES string of the molecule is CCC(F)(F)Oc1ccccc1N/N=C(/C(C)=O)C(C)O. The van der Waals surface area contributed by atoms with Crippen molar-refractivity contribution < 1.29 is 23.4 Å². The number of alkyl halides is 2. The van der Waals surface area contributed by atoms with Gasteiger partial charge in [-0.2, -0.15) is 13.9 Å². The van der Waals surface area contributed by atoms with Gasteiger partial charge in [0.25, 0.3) is 0 Å². The highest BCUT2D eigenvalue weighted by atomic mass is 19.3. The van der Waals surface area contributed by atoms with Crippen LogP contribution in [-0.4, -0.2) is 28.8 Å². The normalized spacial score (nSPS) is 13.7. The van der Waals surface area contributed by atoms with Crippen LogP contribution < -0.4 is 10.2 Å². The lowest BCUT2D eigenvalue weighted by molar-refractivity contribution is -0.176. The summed E-state index contributed by atoms with van der Waals surface area (Å²) in [4.78, 5) is 11.3. The topological polar surface area (TPSA) is 70.9 Å². The molecule has 0 radical (unpaired) electrons. The summed E-state index contributed by atoms with van der Waals surface area (Å²) in [7, 11) is 0. The minimum atomic E-state index is -3.30. The fraction of sp³-hybridized carbons (Fsp3) is 0.429. The number of anilines is 1. The summed E-state index contributed by atoms with van der Waals surface area (Å²) >= 11 is 0. The molecule has 1 rings (SSSR count). The van der Waals surface area contributed by atoms with Crippen molar-refractivity contribution in [3.05, 3.63) is 24.3 Å². The summed E-state index contributed by atoms with van der Waals surface area (Å²) in [6.45, 7) is 3.94. The first kappa shape index (κ1) is 17.0. The Morgan fingerprint density at radius 1 is 1.48 bits per heavy atom. The molecule has 1 unspecified atom stereocenters. The molecule has 1 atom stereocenters. The summed E-state index contributed by atoms with van der Waals surface area (Å²) < 4.78 is 31.2. The second-order valence-corrected chi connectivity index (χ2v) is 4.43. The zero-order valence-corrected chi connectivity index (χ0v) is 12.1. The Labute approximate surface area is 121 Å². The molecular weight excluding hydrogens is 282 g/mol. The molecule has 116 valence electrons. The van der Waals surface area contributed by atoms with Gasteiger partial charge in [-0.15, -0.1) is 0 Å². The quantitative estimate of drug-likeness (QED) is 0.600. The van der Waals surface area contributed by atoms with Gasteiger partial charge in [-0.3, -0.25) is 10.2 Å². The van der Waals surface area contributed by atoms with Crippen LogP contribution in [0.25, 0.3) is 0 Å². The number of aliphatic hydroxyl groups is 1. The van der Waals surface area contributed by atoms with Crippen molar-refractivity contribution in [3.8, 4) is 5.75 Å². The molecule has 1 aromatic carbocycles. The Morgan fingerprint density at radius 3 is 2.62 bits per heavy atom. The summed E-state index contributed by atoms with van der Waals surface area (Å²) in [6.07, 6.45) is -4.84. The third-order valence-electron chi connectivity index (χ3n) is 2.61. The number of aliphatic hydroxyl groups excluding tert-OH is 1. The Bertz CT molecular complexity index is 531. The third kappa shape index (κ3) is 5.11. The maximum absolute atomic E-state index is 13.3. The molecule has 0 fully saturated rings. The summed E-state index contributed by atoms with van der Waals surface area (Å²) in [5.74, 6) is -0.517. The van der Waals surface area contributed by atoms with E-state index in [9.17, 15) is 18.7 Å². The maximum Gasteiger partial charge on any atom is 0.397 e. The van der Waals surface area contributed by atoms with E-state index >= 15 is 0 Å². The Morgan fingerprint density at radius 2 is 2.10 bits per heavy atom. The van der Waals surface area contributed by atoms with Crippen LogP contribution >= 0.6 is 0 Å². The maximum atomic E-state index is 13.3. The molecule has 7 heteroatoms. The highest BCUT2D eigenvalue weighted by Crippen LogP contribution is 2.30. The molecule has 21 heavy (non-hydrogen) atoms. The second kappa shape index (κ2) is 7.12. The first-order chi connectivity index (χ1) is 9.76. The predicted molar refractivity (Wildman–Crippen MR) is 75.7 cm³/mol. The molecule has 0 saturated carbocycles. The van der Waals surface area contributed by atoms with E-state index in [1.54, 1.807) is 6.07 Å². The number of hydrazone groups is 1. The number of Topliss-reactive ketones (excluding diaryl/α,β-unsaturated/α-hetero) is 1. The minimum absolute atomic E-state index is 0.0957. The molecular formula is C14H18F2N2O3. The lowest BCUT2D eigenvalue weighted by atomic mass is 10.2. The van der Waals surface area contributed by atoms with Crippen LogP contribution in [0.2, 0.25) is 0 Å². The molecule has 0 amide bonds. The number of ketones is 1. The van der Waals surface area contributed by atoms with Crippen molar-refractivity contribution >= 4 is 17.2 Å². The number of nitrogens with zero attached hydrogens (tertiary/aromatic N) is 1. The lowest BCUT2D eigenvalue weighted by Crippen LogP contribution is -2.25. The van der Waals surface area contributed by atoms with Gasteiger partial charge in [-0.05, 0) is 19.1 Å². The number of hydrogen-bond acceptors (Lipinski definition) is 5. The summed E-state index contributed by atoms with van der Waals surface area (Å²) in [5, 5.41) is 13.2. The molecule has 0 saturated heterocycles. The zero-order chi connectivity index (χ0) is 16.0. The van der Waals surface area contributed by atoms with E-state index in [-0.39, 0.29) is 17.1 Å². The molecule has 0 aromatic heterocycles. The number of carbonyl (C=O) groups is 1. The number of nitrogens with one attached hydrogen (secondary N) is 1. The van der Waals surface area contributed by atoms with E-state index in [4.69, 9.17) is 0 Å². The summed E-state index contributed by atoms with van der Waals surface area (Å²) in [6, 6.07) is 5.97. The van der Waals surface area contributed by atoms with Crippen LogP contribution in [0.1, 0.15) is 27.2 Å². The first-order valence-corrected chi connectivity index (χ1v) is 6.45. The molecule has 5 nitrogen and oxygen atoms in total. The molecule has 0 bridgehead atoms. The predicted octanol–water partition coefficient (Wildman–Crippen LogP) is 2.81. The molecule has 0 aliphatic heterocycles. The van der Waals surface area contributed by atoms with Crippen molar-refractivity contribution in [1.29, 1.82) is 0 Å². The van der Waals surface area contributed by atoms with Gasteiger partial charge >= 0.3 is 6.11 Å². The lowest BCUT2D eigenvalue weighted by Gasteiger charge is -2.18. The van der Waals surface area contributed by atoms with Crippen LogP contribution in [0, 0.1) is 0 Å². The number of halogens is 2. The van der Waals surface area contributed by atoms with Gasteiger partial charge in [0.15, 0.2) is 11.5 Å². The van der Waals surface area contributed by atoms with Gasteiger partial charge in [0.2, 0.25) is 0 Å². The van der Waals surface area contributed by atoms with E-state index in [0.717, 1.165) is 0 Å². The van der Waals surface area contributed by atoms with Gasteiger partial charge in [-0.25, -0.2) is 0 Å². The van der Waals surface area contributed by atoms with Crippen LogP contribution in [0.4, 0.5) is 14.5 Å². The molecule has 0 aliphatic rings. The van der Waals surface area contributed by atoms with Crippen LogP contribution in [0.15, 0.2) is 29.4 Å². The number of para-hydroxylation sites is 2. The second-order valence-electron chi connectivity index (χ2n) is 4.43. The van der Waals surface area contributed by atoms with Gasteiger partial charge in [0, 0.05) is 13.3 Å². The largest absolute Gasteiger partial charge is 0.430 e. The summed E-state index contributed by atoms with van der Waals surface area (Å²) in [5.41, 5.74) is 2.54. The zero-order valence-electron chi connectivity index (χ0n) is 12.1. The highest BCUT2D eigenvalue weighted by molar-refractivity contribution is 6.40. The fourth-order valence-electron chi connectivity index (χ4n) is 1.47. The van der Waals surface area contributed by atoms with Crippen molar-refractivity contribution in [2.24, 2.45) is 5.10 Å². The van der Waals surface area contributed by atoms with Crippen molar-refractivity contribution in [1.82, 2.24) is 0 Å². The first-order valence-electron chi connectivity index (χ1n) is 6.45. The molecule has 0 aliphatic carbocycles. The van der Waals surface area contributed by atoms with E-state index in [0.29, 0.717) is 0 Å². The van der Waals surface area contributed by atoms with Crippen molar-refractivity contribution in [2.75, 3.05) is 5.43 Å². The van der Waals surface area contributed by atoms with Gasteiger partial charge in [-0.1, -0.05) is 19.1 Å². The Balaban J connectivity index is 2.99. The van der Waals surface area contributed by atoms with Crippen molar-refractivity contribution in [3.63, 3.8) is 0 Å². The van der Waals surface area contributed by atoms with Crippen LogP contribution in [0.5, 0.6) is 5.75 Å². The molecule has 2 N–H and O–H groups in total. The number of ether oxygens (including phenoxy) is 1. The van der Waals surface area contributed by atoms with Crippen molar-refractivity contribution in [2.45, 2.75) is 39.4 Å². The van der Waals surface area contributed by atoms with Crippen LogP contribution in [0.3, 0.4) is 0 Å². The number of hydrogen-bond donors (Lipinski definition) is 2. The smallest absolute Gasteiger partial charge is 0.397 e. The number of rotatable bonds is 7.